The molecule has 0 saturated carbocycles. The van der Waals surface area contributed by atoms with Crippen molar-refractivity contribution in [2.75, 3.05) is 39.3 Å². The monoisotopic (exact) mass is 381 g/mol. The Labute approximate surface area is 160 Å². The van der Waals surface area contributed by atoms with Gasteiger partial charge < -0.3 is 19.9 Å². The summed E-state index contributed by atoms with van der Waals surface area (Å²) < 4.78 is 5.08. The first-order valence-corrected chi connectivity index (χ1v) is 10.1. The van der Waals surface area contributed by atoms with Crippen molar-refractivity contribution in [2.45, 2.75) is 46.6 Å². The van der Waals surface area contributed by atoms with Gasteiger partial charge in [0.15, 0.2) is 5.96 Å². The first-order chi connectivity index (χ1) is 12.3. The summed E-state index contributed by atoms with van der Waals surface area (Å²) in [4.78, 5) is 25.2. The summed E-state index contributed by atoms with van der Waals surface area (Å²) in [6.45, 7) is 15.0. The van der Waals surface area contributed by atoms with E-state index < -0.39 is 0 Å². The highest BCUT2D eigenvalue weighted by atomic mass is 32.1. The van der Waals surface area contributed by atoms with Gasteiger partial charge in [0.2, 0.25) is 0 Å². The van der Waals surface area contributed by atoms with Gasteiger partial charge in [-0.3, -0.25) is 0 Å². The van der Waals surface area contributed by atoms with Gasteiger partial charge in [0, 0.05) is 43.5 Å². The van der Waals surface area contributed by atoms with E-state index in [-0.39, 0.29) is 11.5 Å². The van der Waals surface area contributed by atoms with Crippen LogP contribution in [0.5, 0.6) is 0 Å². The standard InChI is InChI=1S/C18H31N5O2S/c1-6-19-16(20-12-15-21-14(13-26-15)18(3,4)5)22-8-10-23(11-9-22)17(24)25-7-2/h13H,6-12H2,1-5H3,(H,19,20). The summed E-state index contributed by atoms with van der Waals surface area (Å²) in [5.74, 6) is 0.878. The average Bonchev–Trinajstić information content (AvgIpc) is 3.08. The number of piperazine rings is 1. The number of hydrogen-bond donors (Lipinski definition) is 1. The van der Waals surface area contributed by atoms with Crippen LogP contribution in [0.15, 0.2) is 10.4 Å². The van der Waals surface area contributed by atoms with Gasteiger partial charge in [-0.1, -0.05) is 20.8 Å². The molecule has 1 saturated heterocycles. The molecule has 1 fully saturated rings. The lowest BCUT2D eigenvalue weighted by Crippen LogP contribution is -2.53. The average molecular weight is 382 g/mol. The molecule has 0 aromatic carbocycles. The Morgan fingerprint density at radius 3 is 2.46 bits per heavy atom. The van der Waals surface area contributed by atoms with Gasteiger partial charge in [-0.2, -0.15) is 0 Å². The minimum Gasteiger partial charge on any atom is -0.450 e. The second kappa shape index (κ2) is 9.21. The van der Waals surface area contributed by atoms with Crippen LogP contribution in [0.1, 0.15) is 45.3 Å². The SMILES string of the molecule is CCNC(=NCc1nc(C(C)(C)C)cs1)N1CCN(C(=O)OCC)CC1. The van der Waals surface area contributed by atoms with E-state index in [9.17, 15) is 4.79 Å². The van der Waals surface area contributed by atoms with E-state index in [1.165, 1.54) is 0 Å². The van der Waals surface area contributed by atoms with Crippen LogP contribution >= 0.6 is 11.3 Å². The second-order valence-corrected chi connectivity index (χ2v) is 8.16. The Morgan fingerprint density at radius 2 is 1.92 bits per heavy atom. The number of carbonyl (C=O) groups is 1. The van der Waals surface area contributed by atoms with Gasteiger partial charge in [0.25, 0.3) is 0 Å². The van der Waals surface area contributed by atoms with E-state index in [1.54, 1.807) is 16.2 Å². The molecule has 7 nitrogen and oxygen atoms in total. The third-order valence-corrected chi connectivity index (χ3v) is 4.96. The third-order valence-electron chi connectivity index (χ3n) is 4.12. The summed E-state index contributed by atoms with van der Waals surface area (Å²) in [6.07, 6.45) is -0.230. The van der Waals surface area contributed by atoms with E-state index in [0.29, 0.717) is 26.2 Å². The Bertz CT molecular complexity index is 615. The molecule has 0 bridgehead atoms. The quantitative estimate of drug-likeness (QED) is 0.641. The highest BCUT2D eigenvalue weighted by molar-refractivity contribution is 7.09. The molecule has 1 aliphatic heterocycles. The van der Waals surface area contributed by atoms with Crippen molar-refractivity contribution in [2.24, 2.45) is 4.99 Å². The van der Waals surface area contributed by atoms with E-state index in [2.05, 4.69) is 43.3 Å². The van der Waals surface area contributed by atoms with Crippen LogP contribution in [0.2, 0.25) is 0 Å². The Hall–Kier alpha value is -1.83. The van der Waals surface area contributed by atoms with E-state index in [4.69, 9.17) is 14.7 Å². The molecule has 1 N–H and O–H groups in total. The molecule has 0 radical (unpaired) electrons. The summed E-state index contributed by atoms with van der Waals surface area (Å²) in [6, 6.07) is 0. The van der Waals surface area contributed by atoms with Crippen molar-refractivity contribution < 1.29 is 9.53 Å². The highest BCUT2D eigenvalue weighted by Crippen LogP contribution is 2.24. The highest BCUT2D eigenvalue weighted by Gasteiger charge is 2.24. The summed E-state index contributed by atoms with van der Waals surface area (Å²) in [5.41, 5.74) is 1.17. The number of nitrogens with one attached hydrogen (secondary N) is 1. The molecule has 2 heterocycles. The molecule has 0 unspecified atom stereocenters. The fraction of sp³-hybridized carbons (Fsp3) is 0.722. The fourth-order valence-electron chi connectivity index (χ4n) is 2.61. The first kappa shape index (κ1) is 20.5. The molecule has 0 atom stereocenters. The lowest BCUT2D eigenvalue weighted by molar-refractivity contribution is 0.0914. The molecule has 26 heavy (non-hydrogen) atoms. The zero-order valence-electron chi connectivity index (χ0n) is 16.5. The van der Waals surface area contributed by atoms with Gasteiger partial charge in [-0.05, 0) is 13.8 Å². The van der Waals surface area contributed by atoms with E-state index in [1.807, 2.05) is 6.92 Å². The molecular weight excluding hydrogens is 350 g/mol. The topological polar surface area (TPSA) is 70.1 Å². The first-order valence-electron chi connectivity index (χ1n) is 9.25. The lowest BCUT2D eigenvalue weighted by Gasteiger charge is -2.35. The minimum absolute atomic E-state index is 0.0619. The van der Waals surface area contributed by atoms with Crippen LogP contribution in [0, 0.1) is 0 Å². The second-order valence-electron chi connectivity index (χ2n) is 7.22. The molecule has 0 aliphatic carbocycles. The number of hydrogen-bond acceptors (Lipinski definition) is 5. The maximum Gasteiger partial charge on any atom is 0.409 e. The smallest absolute Gasteiger partial charge is 0.409 e. The Kier molecular flexibility index (Phi) is 7.25. The van der Waals surface area contributed by atoms with Gasteiger partial charge >= 0.3 is 6.09 Å². The van der Waals surface area contributed by atoms with Crippen LogP contribution in [-0.2, 0) is 16.7 Å². The molecule has 1 amide bonds. The Balaban J connectivity index is 1.97. The number of guanidine groups is 1. The van der Waals surface area contributed by atoms with Gasteiger partial charge in [-0.25, -0.2) is 14.8 Å². The molecule has 146 valence electrons. The molecular formula is C18H31N5O2S. The van der Waals surface area contributed by atoms with Gasteiger partial charge in [-0.15, -0.1) is 11.3 Å². The number of aliphatic imine (C=N–C) groups is 1. The summed E-state index contributed by atoms with van der Waals surface area (Å²) in [5, 5.41) is 6.49. The molecule has 1 aliphatic rings. The zero-order chi connectivity index (χ0) is 19.2. The maximum absolute atomic E-state index is 11.8. The summed E-state index contributed by atoms with van der Waals surface area (Å²) in [7, 11) is 0. The van der Waals surface area contributed by atoms with Gasteiger partial charge in [0.05, 0.1) is 18.8 Å². The Morgan fingerprint density at radius 1 is 1.27 bits per heavy atom. The van der Waals surface area contributed by atoms with Crippen molar-refractivity contribution >= 4 is 23.4 Å². The van der Waals surface area contributed by atoms with Crippen molar-refractivity contribution in [3.63, 3.8) is 0 Å². The predicted octanol–water partition coefficient (Wildman–Crippen LogP) is 2.68. The fourth-order valence-corrected chi connectivity index (χ4v) is 3.56. The van der Waals surface area contributed by atoms with Crippen molar-refractivity contribution in [1.82, 2.24) is 20.1 Å². The number of ether oxygens (including phenoxy) is 1. The van der Waals surface area contributed by atoms with Crippen molar-refractivity contribution in [3.05, 3.63) is 16.1 Å². The van der Waals surface area contributed by atoms with Crippen LogP contribution in [-0.4, -0.2) is 66.2 Å². The van der Waals surface area contributed by atoms with Crippen LogP contribution in [0.4, 0.5) is 4.79 Å². The predicted molar refractivity (Wildman–Crippen MR) is 106 cm³/mol. The number of amides is 1. The number of rotatable bonds is 4. The van der Waals surface area contributed by atoms with Gasteiger partial charge in [0.1, 0.15) is 5.01 Å². The lowest BCUT2D eigenvalue weighted by atomic mass is 9.93. The number of carbonyl (C=O) groups excluding carboxylic acids is 1. The van der Waals surface area contributed by atoms with Crippen LogP contribution < -0.4 is 5.32 Å². The summed E-state index contributed by atoms with van der Waals surface area (Å²) >= 11 is 1.66. The molecule has 8 heteroatoms. The van der Waals surface area contributed by atoms with Crippen LogP contribution in [0.25, 0.3) is 0 Å². The number of thiazole rings is 1. The van der Waals surface area contributed by atoms with Crippen LogP contribution in [0.3, 0.4) is 0 Å². The molecule has 1 aromatic heterocycles. The van der Waals surface area contributed by atoms with E-state index >= 15 is 0 Å². The van der Waals surface area contributed by atoms with Crippen molar-refractivity contribution in [3.8, 4) is 0 Å². The normalized spacial score (nSPS) is 16.0. The van der Waals surface area contributed by atoms with E-state index in [0.717, 1.165) is 36.3 Å². The zero-order valence-corrected chi connectivity index (χ0v) is 17.4. The third kappa shape index (κ3) is 5.59. The molecule has 1 aromatic rings. The van der Waals surface area contributed by atoms with Crippen molar-refractivity contribution in [1.29, 1.82) is 0 Å². The molecule has 0 spiro atoms. The number of nitrogens with zero attached hydrogens (tertiary/aromatic N) is 4. The maximum atomic E-state index is 11.8. The largest absolute Gasteiger partial charge is 0.450 e. The number of aromatic nitrogens is 1. The molecule has 2 rings (SSSR count). The minimum atomic E-state index is -0.230.